The number of nitrogens with zero attached hydrogens (tertiary/aromatic N) is 1. The number of fused-ring (bicyclic) bond motifs is 1. The second-order valence-corrected chi connectivity index (χ2v) is 8.93. The number of carbonyl (C=O) groups is 2. The monoisotopic (exact) mass is 432 g/mol. The molecule has 0 unspecified atom stereocenters. The van der Waals surface area contributed by atoms with Gasteiger partial charge in [0.1, 0.15) is 5.75 Å². The highest BCUT2D eigenvalue weighted by Gasteiger charge is 2.36. The molecular formula is C21H24N2O6S. The molecule has 0 bridgehead atoms. The van der Waals surface area contributed by atoms with Crippen LogP contribution in [0.4, 0.5) is 11.4 Å². The summed E-state index contributed by atoms with van der Waals surface area (Å²) in [5.74, 6) is -0.782. The molecule has 0 fully saturated rings. The first kappa shape index (κ1) is 21.6. The predicted molar refractivity (Wildman–Crippen MR) is 113 cm³/mol. The molecule has 0 saturated carbocycles. The summed E-state index contributed by atoms with van der Waals surface area (Å²) in [6.45, 7) is 5.15. The maximum absolute atomic E-state index is 12.9. The number of aryl methyl sites for hydroxylation is 1. The van der Waals surface area contributed by atoms with Crippen molar-refractivity contribution < 1.29 is 27.5 Å². The highest BCUT2D eigenvalue weighted by molar-refractivity contribution is 7.92. The molecule has 9 heteroatoms. The normalized spacial score (nSPS) is 15.7. The number of esters is 1. The Balaban J connectivity index is 1.86. The topological polar surface area (TPSA) is 102 Å². The van der Waals surface area contributed by atoms with Crippen molar-refractivity contribution in [3.8, 4) is 5.75 Å². The highest BCUT2D eigenvalue weighted by Crippen LogP contribution is 2.35. The standard InChI is InChI=1S/C21H24N2O6S/c1-4-28-21(25)15-11-10-14(3)16(12-15)22-20(24)19-13-23(30(26,27)5-2)17-8-6-7-9-18(17)29-19/h6-12,19H,4-5,13H2,1-3H3,(H,22,24)/t19-/m1/s1. The first-order valence-corrected chi connectivity index (χ1v) is 11.2. The SMILES string of the molecule is CCOC(=O)c1ccc(C)c(NC(=O)[C@H]2CN(S(=O)(=O)CC)c3ccccc3O2)c1. The van der Waals surface area contributed by atoms with Gasteiger partial charge in [-0.15, -0.1) is 0 Å². The van der Waals surface area contributed by atoms with Crippen molar-refractivity contribution in [3.63, 3.8) is 0 Å². The molecule has 30 heavy (non-hydrogen) atoms. The number of sulfonamides is 1. The number of benzene rings is 2. The van der Waals surface area contributed by atoms with Crippen LogP contribution in [0, 0.1) is 6.92 Å². The third-order valence-electron chi connectivity index (χ3n) is 4.73. The number of hydrogen-bond acceptors (Lipinski definition) is 6. The molecule has 1 aliphatic rings. The zero-order valence-corrected chi connectivity index (χ0v) is 17.9. The summed E-state index contributed by atoms with van der Waals surface area (Å²) in [5, 5.41) is 2.74. The zero-order chi connectivity index (χ0) is 21.9. The van der Waals surface area contributed by atoms with Gasteiger partial charge in [0.25, 0.3) is 5.91 Å². The summed E-state index contributed by atoms with van der Waals surface area (Å²) in [7, 11) is -3.59. The first-order chi connectivity index (χ1) is 14.3. The smallest absolute Gasteiger partial charge is 0.338 e. The van der Waals surface area contributed by atoms with E-state index in [4.69, 9.17) is 9.47 Å². The Hall–Kier alpha value is -3.07. The lowest BCUT2D eigenvalue weighted by atomic mass is 10.1. The Bertz CT molecular complexity index is 1070. The van der Waals surface area contributed by atoms with Gasteiger partial charge in [0.05, 0.1) is 30.2 Å². The van der Waals surface area contributed by atoms with E-state index in [1.165, 1.54) is 10.4 Å². The molecule has 2 aromatic rings. The van der Waals surface area contributed by atoms with Gasteiger partial charge in [-0.05, 0) is 50.6 Å². The van der Waals surface area contributed by atoms with Crippen molar-refractivity contribution >= 4 is 33.3 Å². The minimum Gasteiger partial charge on any atom is -0.476 e. The van der Waals surface area contributed by atoms with Crippen molar-refractivity contribution in [2.45, 2.75) is 26.9 Å². The first-order valence-electron chi connectivity index (χ1n) is 9.61. The molecule has 1 N–H and O–H groups in total. The molecule has 0 spiro atoms. The molecule has 1 atom stereocenters. The number of para-hydroxylation sites is 2. The summed E-state index contributed by atoms with van der Waals surface area (Å²) in [6.07, 6.45) is -1.05. The van der Waals surface area contributed by atoms with Crippen LogP contribution in [0.2, 0.25) is 0 Å². The van der Waals surface area contributed by atoms with E-state index in [9.17, 15) is 18.0 Å². The Morgan fingerprint density at radius 2 is 1.93 bits per heavy atom. The molecule has 0 aromatic heterocycles. The van der Waals surface area contributed by atoms with Gasteiger partial charge in [0.15, 0.2) is 6.10 Å². The van der Waals surface area contributed by atoms with Gasteiger partial charge in [0.2, 0.25) is 10.0 Å². The highest BCUT2D eigenvalue weighted by atomic mass is 32.2. The maximum atomic E-state index is 12.9. The van der Waals surface area contributed by atoms with Crippen LogP contribution in [0.3, 0.4) is 0 Å². The van der Waals surface area contributed by atoms with Crippen LogP contribution >= 0.6 is 0 Å². The number of rotatable bonds is 6. The van der Waals surface area contributed by atoms with Gasteiger partial charge in [0, 0.05) is 5.69 Å². The van der Waals surface area contributed by atoms with Crippen LogP contribution in [-0.2, 0) is 19.6 Å². The number of amides is 1. The van der Waals surface area contributed by atoms with Crippen LogP contribution in [0.25, 0.3) is 0 Å². The molecule has 2 aromatic carbocycles. The van der Waals surface area contributed by atoms with Gasteiger partial charge in [-0.1, -0.05) is 18.2 Å². The molecule has 0 saturated heterocycles. The molecule has 1 heterocycles. The van der Waals surface area contributed by atoms with Gasteiger partial charge in [-0.25, -0.2) is 13.2 Å². The van der Waals surface area contributed by atoms with Crippen molar-refractivity contribution in [1.82, 2.24) is 0 Å². The average Bonchev–Trinajstić information content (AvgIpc) is 2.74. The van der Waals surface area contributed by atoms with E-state index < -0.39 is 28.0 Å². The van der Waals surface area contributed by atoms with E-state index in [-0.39, 0.29) is 18.9 Å². The van der Waals surface area contributed by atoms with Crippen molar-refractivity contribution in [1.29, 1.82) is 0 Å². The number of nitrogens with one attached hydrogen (secondary N) is 1. The molecule has 160 valence electrons. The number of carbonyl (C=O) groups excluding carboxylic acids is 2. The number of hydrogen-bond donors (Lipinski definition) is 1. The molecule has 0 radical (unpaired) electrons. The fourth-order valence-corrected chi connectivity index (χ4v) is 4.19. The summed E-state index contributed by atoms with van der Waals surface area (Å²) >= 11 is 0. The van der Waals surface area contributed by atoms with Crippen molar-refractivity contribution in [3.05, 3.63) is 53.6 Å². The zero-order valence-electron chi connectivity index (χ0n) is 17.0. The molecule has 8 nitrogen and oxygen atoms in total. The van der Waals surface area contributed by atoms with Crippen molar-refractivity contribution in [2.75, 3.05) is 28.5 Å². The Morgan fingerprint density at radius 1 is 1.20 bits per heavy atom. The van der Waals surface area contributed by atoms with Gasteiger partial charge in [-0.3, -0.25) is 9.10 Å². The van der Waals surface area contributed by atoms with Crippen LogP contribution in [-0.4, -0.2) is 45.3 Å². The molecular weight excluding hydrogens is 408 g/mol. The quantitative estimate of drug-likeness (QED) is 0.705. The van der Waals surface area contributed by atoms with E-state index in [1.807, 2.05) is 0 Å². The predicted octanol–water partition coefficient (Wildman–Crippen LogP) is 2.73. The summed E-state index contributed by atoms with van der Waals surface area (Å²) < 4.78 is 37.1. The van der Waals surface area contributed by atoms with Crippen LogP contribution in [0.5, 0.6) is 5.75 Å². The minimum atomic E-state index is -3.59. The van der Waals surface area contributed by atoms with Crippen LogP contribution < -0.4 is 14.4 Å². The third-order valence-corrected chi connectivity index (χ3v) is 6.48. The Kier molecular flexibility index (Phi) is 6.31. The van der Waals surface area contributed by atoms with Gasteiger partial charge >= 0.3 is 5.97 Å². The Labute approximate surface area is 175 Å². The van der Waals surface area contributed by atoms with Crippen LogP contribution in [0.15, 0.2) is 42.5 Å². The van der Waals surface area contributed by atoms with E-state index in [2.05, 4.69) is 5.32 Å². The molecule has 1 aliphatic heterocycles. The molecule has 1 amide bonds. The lowest BCUT2D eigenvalue weighted by Crippen LogP contribution is -2.49. The van der Waals surface area contributed by atoms with Gasteiger partial charge < -0.3 is 14.8 Å². The van der Waals surface area contributed by atoms with E-state index in [1.54, 1.807) is 57.2 Å². The second-order valence-electron chi connectivity index (χ2n) is 6.75. The minimum absolute atomic E-state index is 0.101. The van der Waals surface area contributed by atoms with E-state index >= 15 is 0 Å². The lowest BCUT2D eigenvalue weighted by Gasteiger charge is -2.34. The summed E-state index contributed by atoms with van der Waals surface area (Å²) in [5.41, 5.74) is 1.88. The second kappa shape index (κ2) is 8.74. The Morgan fingerprint density at radius 3 is 2.63 bits per heavy atom. The van der Waals surface area contributed by atoms with Gasteiger partial charge in [-0.2, -0.15) is 0 Å². The third kappa shape index (κ3) is 4.40. The summed E-state index contributed by atoms with van der Waals surface area (Å²) in [6, 6.07) is 11.5. The average molecular weight is 432 g/mol. The fraction of sp³-hybridized carbons (Fsp3) is 0.333. The fourth-order valence-electron chi connectivity index (χ4n) is 3.07. The number of ether oxygens (including phenoxy) is 2. The van der Waals surface area contributed by atoms with Crippen LogP contribution in [0.1, 0.15) is 29.8 Å². The summed E-state index contributed by atoms with van der Waals surface area (Å²) in [4.78, 5) is 24.9. The van der Waals surface area contributed by atoms with E-state index in [0.717, 1.165) is 5.56 Å². The van der Waals surface area contributed by atoms with Crippen molar-refractivity contribution in [2.24, 2.45) is 0 Å². The lowest BCUT2D eigenvalue weighted by molar-refractivity contribution is -0.122. The maximum Gasteiger partial charge on any atom is 0.338 e. The van der Waals surface area contributed by atoms with E-state index in [0.29, 0.717) is 22.7 Å². The largest absolute Gasteiger partial charge is 0.476 e. The molecule has 0 aliphatic carbocycles. The number of anilines is 2. The molecule has 3 rings (SSSR count).